The molecule has 0 saturated carbocycles. The fraction of sp³-hybridized carbons (Fsp3) is 0.278. The van der Waals surface area contributed by atoms with Gasteiger partial charge in [0.25, 0.3) is 5.91 Å². The van der Waals surface area contributed by atoms with Gasteiger partial charge in [-0.3, -0.25) is 4.79 Å². The van der Waals surface area contributed by atoms with Crippen LogP contribution in [0.15, 0.2) is 53.4 Å². The van der Waals surface area contributed by atoms with E-state index in [4.69, 9.17) is 0 Å². The highest BCUT2D eigenvalue weighted by atomic mass is 32.2. The molecule has 0 atom stereocenters. The first-order chi connectivity index (χ1) is 11.5. The van der Waals surface area contributed by atoms with Gasteiger partial charge in [0.1, 0.15) is 0 Å². The molecule has 1 aliphatic heterocycles. The zero-order valence-corrected chi connectivity index (χ0v) is 14.3. The summed E-state index contributed by atoms with van der Waals surface area (Å²) in [6.07, 6.45) is 1.00. The normalized spacial score (nSPS) is 14.3. The molecule has 126 valence electrons. The SMILES string of the molecule is Cc1ccc(C(=O)N2CCC2)cc1S(=O)(=O)NCc1ccccc1. The van der Waals surface area contributed by atoms with E-state index < -0.39 is 10.0 Å². The number of nitrogens with zero attached hydrogens (tertiary/aromatic N) is 1. The number of aryl methyl sites for hydroxylation is 1. The average molecular weight is 344 g/mol. The van der Waals surface area contributed by atoms with Crippen molar-refractivity contribution in [1.29, 1.82) is 0 Å². The van der Waals surface area contributed by atoms with E-state index in [0.29, 0.717) is 11.1 Å². The molecule has 2 aromatic carbocycles. The number of carbonyl (C=O) groups is 1. The fourth-order valence-electron chi connectivity index (χ4n) is 2.58. The number of hydrogen-bond acceptors (Lipinski definition) is 3. The van der Waals surface area contributed by atoms with Crippen molar-refractivity contribution in [3.63, 3.8) is 0 Å². The Morgan fingerprint density at radius 3 is 2.46 bits per heavy atom. The molecule has 1 amide bonds. The third kappa shape index (κ3) is 3.49. The maximum atomic E-state index is 12.6. The molecule has 0 spiro atoms. The predicted molar refractivity (Wildman–Crippen MR) is 92.2 cm³/mol. The average Bonchev–Trinajstić information content (AvgIpc) is 2.52. The highest BCUT2D eigenvalue weighted by Crippen LogP contribution is 2.20. The summed E-state index contributed by atoms with van der Waals surface area (Å²) in [4.78, 5) is 14.2. The van der Waals surface area contributed by atoms with E-state index in [0.717, 1.165) is 25.1 Å². The van der Waals surface area contributed by atoms with Gasteiger partial charge in [0.05, 0.1) is 4.90 Å². The van der Waals surface area contributed by atoms with Crippen LogP contribution in [-0.4, -0.2) is 32.3 Å². The van der Waals surface area contributed by atoms with Gasteiger partial charge in [-0.25, -0.2) is 13.1 Å². The van der Waals surface area contributed by atoms with Crippen molar-refractivity contribution < 1.29 is 13.2 Å². The summed E-state index contributed by atoms with van der Waals surface area (Å²) < 4.78 is 27.8. The fourth-order valence-corrected chi connectivity index (χ4v) is 3.86. The van der Waals surface area contributed by atoms with Gasteiger partial charge in [0.15, 0.2) is 0 Å². The van der Waals surface area contributed by atoms with E-state index in [2.05, 4.69) is 4.72 Å². The Bertz CT molecular complexity index is 844. The van der Waals surface area contributed by atoms with E-state index >= 15 is 0 Å². The molecule has 0 aromatic heterocycles. The molecular weight excluding hydrogens is 324 g/mol. The molecule has 2 aromatic rings. The second-order valence-electron chi connectivity index (χ2n) is 5.94. The Morgan fingerprint density at radius 2 is 1.83 bits per heavy atom. The molecule has 1 fully saturated rings. The minimum Gasteiger partial charge on any atom is -0.339 e. The van der Waals surface area contributed by atoms with Crippen LogP contribution < -0.4 is 4.72 Å². The van der Waals surface area contributed by atoms with E-state index in [-0.39, 0.29) is 17.3 Å². The molecule has 0 radical (unpaired) electrons. The minimum absolute atomic E-state index is 0.110. The summed E-state index contributed by atoms with van der Waals surface area (Å²) in [6.45, 7) is 3.42. The summed E-state index contributed by atoms with van der Waals surface area (Å²) in [5.41, 5.74) is 1.92. The van der Waals surface area contributed by atoms with E-state index in [1.807, 2.05) is 30.3 Å². The molecule has 24 heavy (non-hydrogen) atoms. The Hall–Kier alpha value is -2.18. The lowest BCUT2D eigenvalue weighted by atomic mass is 10.1. The van der Waals surface area contributed by atoms with Gasteiger partial charge in [-0.05, 0) is 36.6 Å². The molecule has 1 N–H and O–H groups in total. The van der Waals surface area contributed by atoms with Gasteiger partial charge in [-0.15, -0.1) is 0 Å². The van der Waals surface area contributed by atoms with Crippen LogP contribution in [0.1, 0.15) is 27.9 Å². The van der Waals surface area contributed by atoms with Crippen molar-refractivity contribution in [3.8, 4) is 0 Å². The van der Waals surface area contributed by atoms with Crippen LogP contribution in [0.2, 0.25) is 0 Å². The number of rotatable bonds is 5. The number of likely N-dealkylation sites (tertiary alicyclic amines) is 1. The lowest BCUT2D eigenvalue weighted by Crippen LogP contribution is -2.42. The van der Waals surface area contributed by atoms with Crippen LogP contribution in [-0.2, 0) is 16.6 Å². The predicted octanol–water partition coefficient (Wildman–Crippen LogP) is 2.32. The lowest BCUT2D eigenvalue weighted by molar-refractivity contribution is 0.0651. The molecule has 5 nitrogen and oxygen atoms in total. The van der Waals surface area contributed by atoms with E-state index in [1.165, 1.54) is 6.07 Å². The molecule has 1 heterocycles. The Labute approximate surface area is 142 Å². The third-order valence-electron chi connectivity index (χ3n) is 4.18. The molecule has 0 unspecified atom stereocenters. The maximum Gasteiger partial charge on any atom is 0.253 e. The molecule has 1 aliphatic rings. The highest BCUT2D eigenvalue weighted by Gasteiger charge is 2.24. The van der Waals surface area contributed by atoms with Gasteiger partial charge >= 0.3 is 0 Å². The zero-order valence-electron chi connectivity index (χ0n) is 13.5. The second kappa shape index (κ2) is 6.75. The quantitative estimate of drug-likeness (QED) is 0.905. The van der Waals surface area contributed by atoms with Gasteiger partial charge in [0.2, 0.25) is 10.0 Å². The van der Waals surface area contributed by atoms with Crippen molar-refractivity contribution in [2.45, 2.75) is 24.8 Å². The first-order valence-electron chi connectivity index (χ1n) is 7.91. The molecule has 0 aliphatic carbocycles. The Kier molecular flexibility index (Phi) is 4.69. The zero-order chi connectivity index (χ0) is 17.2. The number of carbonyl (C=O) groups excluding carboxylic acids is 1. The number of nitrogens with one attached hydrogen (secondary N) is 1. The van der Waals surface area contributed by atoms with Crippen LogP contribution in [0.5, 0.6) is 0 Å². The summed E-state index contributed by atoms with van der Waals surface area (Å²) in [6, 6.07) is 14.2. The van der Waals surface area contributed by atoms with Gasteiger partial charge in [-0.1, -0.05) is 36.4 Å². The number of sulfonamides is 1. The Morgan fingerprint density at radius 1 is 1.12 bits per heavy atom. The van der Waals surface area contributed by atoms with Crippen molar-refractivity contribution in [2.75, 3.05) is 13.1 Å². The topological polar surface area (TPSA) is 66.5 Å². The summed E-state index contributed by atoms with van der Waals surface area (Å²) in [7, 11) is -3.68. The summed E-state index contributed by atoms with van der Waals surface area (Å²) in [5.74, 6) is -0.110. The van der Waals surface area contributed by atoms with Crippen LogP contribution in [0, 0.1) is 6.92 Å². The molecule has 3 rings (SSSR count). The van der Waals surface area contributed by atoms with Crippen molar-refractivity contribution >= 4 is 15.9 Å². The first-order valence-corrected chi connectivity index (χ1v) is 9.39. The first kappa shape index (κ1) is 16.7. The number of amides is 1. The van der Waals surface area contributed by atoms with Crippen molar-refractivity contribution in [3.05, 3.63) is 65.2 Å². The molecular formula is C18H20N2O3S. The minimum atomic E-state index is -3.68. The van der Waals surface area contributed by atoms with Gasteiger partial charge in [0, 0.05) is 25.2 Å². The second-order valence-corrected chi connectivity index (χ2v) is 7.67. The van der Waals surface area contributed by atoms with Crippen LogP contribution in [0.4, 0.5) is 0 Å². The highest BCUT2D eigenvalue weighted by molar-refractivity contribution is 7.89. The Balaban J connectivity index is 1.82. The van der Waals surface area contributed by atoms with Gasteiger partial charge < -0.3 is 4.90 Å². The summed E-state index contributed by atoms with van der Waals surface area (Å²) in [5, 5.41) is 0. The van der Waals surface area contributed by atoms with Crippen LogP contribution >= 0.6 is 0 Å². The molecule has 6 heteroatoms. The van der Waals surface area contributed by atoms with Crippen molar-refractivity contribution in [1.82, 2.24) is 9.62 Å². The van der Waals surface area contributed by atoms with Crippen LogP contribution in [0.25, 0.3) is 0 Å². The number of benzene rings is 2. The third-order valence-corrected chi connectivity index (χ3v) is 5.72. The lowest BCUT2D eigenvalue weighted by Gasteiger charge is -2.31. The maximum absolute atomic E-state index is 12.6. The monoisotopic (exact) mass is 344 g/mol. The van der Waals surface area contributed by atoms with Crippen molar-refractivity contribution in [2.24, 2.45) is 0 Å². The largest absolute Gasteiger partial charge is 0.339 e. The standard InChI is InChI=1S/C18H20N2O3S/c1-14-8-9-16(18(21)20-10-5-11-20)12-17(14)24(22,23)19-13-15-6-3-2-4-7-15/h2-4,6-9,12,19H,5,10-11,13H2,1H3. The van der Waals surface area contributed by atoms with Gasteiger partial charge in [-0.2, -0.15) is 0 Å². The molecule has 0 bridgehead atoms. The summed E-state index contributed by atoms with van der Waals surface area (Å²) >= 11 is 0. The smallest absolute Gasteiger partial charge is 0.253 e. The van der Waals surface area contributed by atoms with E-state index in [1.54, 1.807) is 24.0 Å². The number of hydrogen-bond donors (Lipinski definition) is 1. The van der Waals surface area contributed by atoms with Crippen LogP contribution in [0.3, 0.4) is 0 Å². The van der Waals surface area contributed by atoms with E-state index in [9.17, 15) is 13.2 Å². The molecule has 1 saturated heterocycles.